The topological polar surface area (TPSA) is 171 Å². The molecule has 1 amide bonds. The number of rotatable bonds is 13. The Kier molecular flexibility index (Phi) is 10.8. The molecule has 0 bridgehead atoms. The molecule has 0 saturated carbocycles. The lowest BCUT2D eigenvalue weighted by Gasteiger charge is -2.15. The van der Waals surface area contributed by atoms with Gasteiger partial charge in [-0.05, 0) is 61.2 Å². The van der Waals surface area contributed by atoms with Gasteiger partial charge >= 0.3 is 0 Å². The fraction of sp³-hybridized carbons (Fsp3) is 0.346. The van der Waals surface area contributed by atoms with Crippen LogP contribution in [0.1, 0.15) is 35.7 Å². The molecule has 1 atom stereocenters. The second kappa shape index (κ2) is 13.7. The summed E-state index contributed by atoms with van der Waals surface area (Å²) in [5.74, 6) is 0.847. The molecule has 0 aliphatic carbocycles. The van der Waals surface area contributed by atoms with Crippen LogP contribution in [0.25, 0.3) is 6.08 Å². The lowest BCUT2D eigenvalue weighted by Crippen LogP contribution is -2.37. The number of methoxy groups -OCH3 is 4. The third kappa shape index (κ3) is 7.87. The number of hydrogen-bond acceptors (Lipinski definition) is 8. The molecule has 0 spiro atoms. The predicted molar refractivity (Wildman–Crippen MR) is 143 cm³/mol. The van der Waals surface area contributed by atoms with Crippen molar-refractivity contribution in [1.29, 1.82) is 5.41 Å². The smallest absolute Gasteiger partial charge is 0.241 e. The van der Waals surface area contributed by atoms with E-state index in [2.05, 4.69) is 10.6 Å². The van der Waals surface area contributed by atoms with Crippen molar-refractivity contribution >= 4 is 29.4 Å². The first-order valence-corrected chi connectivity index (χ1v) is 11.5. The SMILES string of the molecule is COc1ccc(C=C(C)C(=O)c2cc(OC)c(OC)c(OC)c2)cc1NC(=O)C(N)CCCNC(=N)N. The Balaban J connectivity index is 2.24. The van der Waals surface area contributed by atoms with E-state index < -0.39 is 6.04 Å². The van der Waals surface area contributed by atoms with E-state index in [-0.39, 0.29) is 17.6 Å². The molecule has 2 aromatic rings. The summed E-state index contributed by atoms with van der Waals surface area (Å²) in [6.07, 6.45) is 2.67. The van der Waals surface area contributed by atoms with Gasteiger partial charge < -0.3 is 41.0 Å². The van der Waals surface area contributed by atoms with Gasteiger partial charge in [0.15, 0.2) is 23.2 Å². The van der Waals surface area contributed by atoms with Crippen molar-refractivity contribution in [1.82, 2.24) is 5.32 Å². The van der Waals surface area contributed by atoms with Crippen LogP contribution in [0, 0.1) is 5.41 Å². The minimum atomic E-state index is -0.763. The fourth-order valence-corrected chi connectivity index (χ4v) is 3.57. The van der Waals surface area contributed by atoms with Crippen LogP contribution in [0.2, 0.25) is 0 Å². The molecular formula is C26H35N5O6. The minimum Gasteiger partial charge on any atom is -0.495 e. The Labute approximate surface area is 216 Å². The standard InChI is InChI=1S/C26H35N5O6/c1-15(23(32)17-13-21(35-3)24(37-5)22(14-17)36-4)11-16-8-9-20(34-2)19(12-16)31-25(33)18(27)7-6-10-30-26(28)29/h8-9,11-14,18H,6-7,10,27H2,1-5H3,(H,31,33)(H4,28,29,30). The fourth-order valence-electron chi connectivity index (χ4n) is 3.57. The maximum Gasteiger partial charge on any atom is 0.241 e. The molecule has 0 heterocycles. The number of carbonyl (C=O) groups is 2. The molecule has 0 aliphatic rings. The van der Waals surface area contributed by atoms with E-state index in [1.54, 1.807) is 43.3 Å². The molecule has 0 aliphatic heterocycles. The maximum absolute atomic E-state index is 13.2. The lowest BCUT2D eigenvalue weighted by atomic mass is 10.0. The van der Waals surface area contributed by atoms with Gasteiger partial charge in [-0.1, -0.05) is 6.07 Å². The van der Waals surface area contributed by atoms with Crippen LogP contribution in [-0.4, -0.2) is 58.7 Å². The van der Waals surface area contributed by atoms with Crippen molar-refractivity contribution in [3.05, 3.63) is 47.0 Å². The van der Waals surface area contributed by atoms with E-state index in [0.29, 0.717) is 64.8 Å². The highest BCUT2D eigenvalue weighted by Crippen LogP contribution is 2.38. The van der Waals surface area contributed by atoms with E-state index in [4.69, 9.17) is 35.8 Å². The van der Waals surface area contributed by atoms with Crippen molar-refractivity contribution in [2.45, 2.75) is 25.8 Å². The highest BCUT2D eigenvalue weighted by atomic mass is 16.5. The van der Waals surface area contributed by atoms with Crippen LogP contribution in [0.5, 0.6) is 23.0 Å². The van der Waals surface area contributed by atoms with Crippen molar-refractivity contribution in [2.24, 2.45) is 11.5 Å². The quantitative estimate of drug-likeness (QED) is 0.0887. The number of anilines is 1. The summed E-state index contributed by atoms with van der Waals surface area (Å²) in [6, 6.07) is 7.59. The molecular weight excluding hydrogens is 478 g/mol. The number of amides is 1. The molecule has 0 aromatic heterocycles. The Morgan fingerprint density at radius 3 is 2.16 bits per heavy atom. The number of ether oxygens (including phenoxy) is 4. The Hall–Kier alpha value is -4.25. The summed E-state index contributed by atoms with van der Waals surface area (Å²) >= 11 is 0. The van der Waals surface area contributed by atoms with Crippen LogP contribution >= 0.6 is 0 Å². The number of carbonyl (C=O) groups excluding carboxylic acids is 2. The summed E-state index contributed by atoms with van der Waals surface area (Å²) in [7, 11) is 5.95. The second-order valence-electron chi connectivity index (χ2n) is 8.11. The molecule has 37 heavy (non-hydrogen) atoms. The molecule has 0 radical (unpaired) electrons. The van der Waals surface area contributed by atoms with Gasteiger partial charge in [0.05, 0.1) is 40.2 Å². The molecule has 1 unspecified atom stereocenters. The largest absolute Gasteiger partial charge is 0.495 e. The molecule has 200 valence electrons. The van der Waals surface area contributed by atoms with E-state index >= 15 is 0 Å². The summed E-state index contributed by atoms with van der Waals surface area (Å²) in [5, 5.41) is 12.6. The normalized spacial score (nSPS) is 11.8. The second-order valence-corrected chi connectivity index (χ2v) is 8.11. The van der Waals surface area contributed by atoms with Gasteiger partial charge in [-0.3, -0.25) is 15.0 Å². The Morgan fingerprint density at radius 2 is 1.62 bits per heavy atom. The van der Waals surface area contributed by atoms with Crippen LogP contribution in [0.3, 0.4) is 0 Å². The van der Waals surface area contributed by atoms with Crippen LogP contribution < -0.4 is 41.0 Å². The molecule has 11 nitrogen and oxygen atoms in total. The maximum atomic E-state index is 13.2. The summed E-state index contributed by atoms with van der Waals surface area (Å²) in [6.45, 7) is 2.14. The van der Waals surface area contributed by atoms with Crippen LogP contribution in [0.4, 0.5) is 5.69 Å². The first-order valence-electron chi connectivity index (χ1n) is 11.5. The van der Waals surface area contributed by atoms with E-state index in [1.165, 1.54) is 28.4 Å². The molecule has 2 rings (SSSR count). The predicted octanol–water partition coefficient (Wildman–Crippen LogP) is 2.54. The summed E-state index contributed by atoms with van der Waals surface area (Å²) in [5.41, 5.74) is 13.2. The average molecular weight is 514 g/mol. The van der Waals surface area contributed by atoms with Gasteiger partial charge in [0.1, 0.15) is 5.75 Å². The zero-order valence-electron chi connectivity index (χ0n) is 21.8. The Bertz CT molecular complexity index is 1140. The van der Waals surface area contributed by atoms with Crippen LogP contribution in [-0.2, 0) is 4.79 Å². The molecule has 2 aromatic carbocycles. The van der Waals surface area contributed by atoms with Gasteiger partial charge in [0.25, 0.3) is 0 Å². The number of guanidine groups is 1. The highest BCUT2D eigenvalue weighted by Gasteiger charge is 2.19. The monoisotopic (exact) mass is 513 g/mol. The zero-order valence-corrected chi connectivity index (χ0v) is 21.8. The van der Waals surface area contributed by atoms with Gasteiger partial charge in [0, 0.05) is 12.1 Å². The number of ketones is 1. The Morgan fingerprint density at radius 1 is 1.00 bits per heavy atom. The van der Waals surface area contributed by atoms with Gasteiger partial charge in [0.2, 0.25) is 11.7 Å². The van der Waals surface area contributed by atoms with Crippen molar-refractivity contribution in [3.63, 3.8) is 0 Å². The first-order chi connectivity index (χ1) is 17.6. The van der Waals surface area contributed by atoms with Gasteiger partial charge in [-0.25, -0.2) is 0 Å². The minimum absolute atomic E-state index is 0.133. The summed E-state index contributed by atoms with van der Waals surface area (Å²) < 4.78 is 21.4. The van der Waals surface area contributed by atoms with Crippen LogP contribution in [0.15, 0.2) is 35.9 Å². The number of benzene rings is 2. The highest BCUT2D eigenvalue weighted by molar-refractivity contribution is 6.11. The molecule has 0 fully saturated rings. The number of Topliss-reactive ketones (excluding diaryl/α,β-unsaturated/α-hetero) is 1. The molecule has 11 heteroatoms. The molecule has 7 N–H and O–H groups in total. The summed E-state index contributed by atoms with van der Waals surface area (Å²) in [4.78, 5) is 25.8. The van der Waals surface area contributed by atoms with Crippen molar-refractivity contribution in [3.8, 4) is 23.0 Å². The van der Waals surface area contributed by atoms with Gasteiger partial charge in [-0.2, -0.15) is 0 Å². The lowest BCUT2D eigenvalue weighted by molar-refractivity contribution is -0.117. The van der Waals surface area contributed by atoms with E-state index in [9.17, 15) is 9.59 Å². The molecule has 0 saturated heterocycles. The van der Waals surface area contributed by atoms with E-state index in [0.717, 1.165) is 0 Å². The van der Waals surface area contributed by atoms with E-state index in [1.807, 2.05) is 0 Å². The van der Waals surface area contributed by atoms with Gasteiger partial charge in [-0.15, -0.1) is 0 Å². The average Bonchev–Trinajstić information content (AvgIpc) is 2.89. The zero-order chi connectivity index (χ0) is 27.5. The number of allylic oxidation sites excluding steroid dienone is 1. The first kappa shape index (κ1) is 29.0. The number of nitrogens with two attached hydrogens (primary N) is 2. The number of hydrogen-bond donors (Lipinski definition) is 5. The third-order valence-corrected chi connectivity index (χ3v) is 5.49. The third-order valence-electron chi connectivity index (χ3n) is 5.49. The number of nitrogens with one attached hydrogen (secondary N) is 3. The van der Waals surface area contributed by atoms with Crippen molar-refractivity contribution in [2.75, 3.05) is 40.3 Å². The van der Waals surface area contributed by atoms with Crippen molar-refractivity contribution < 1.29 is 28.5 Å².